The van der Waals surface area contributed by atoms with Gasteiger partial charge in [0.25, 0.3) is 0 Å². The van der Waals surface area contributed by atoms with Gasteiger partial charge in [-0.25, -0.2) is 8.78 Å². The molecule has 1 amide bonds. The maximum Gasteiger partial charge on any atom is 0.220 e. The number of hydrogen-bond donors (Lipinski definition) is 2. The number of nitrogens with one attached hydrogen (secondary N) is 1. The largest absolute Gasteiger partial charge is 0.396 e. The summed E-state index contributed by atoms with van der Waals surface area (Å²) in [5, 5.41) is 11.8. The van der Waals surface area contributed by atoms with Gasteiger partial charge in [0.1, 0.15) is 11.6 Å². The molecule has 1 fully saturated rings. The number of halogens is 2. The molecule has 22 heavy (non-hydrogen) atoms. The molecule has 0 aliphatic heterocycles. The predicted molar refractivity (Wildman–Crippen MR) is 76.3 cm³/mol. The van der Waals surface area contributed by atoms with E-state index >= 15 is 0 Å². The minimum absolute atomic E-state index is 0.00116. The number of carbonyl (C=O) groups excluding carboxylic acids is 2. The third-order valence-electron chi connectivity index (χ3n) is 3.79. The van der Waals surface area contributed by atoms with Gasteiger partial charge in [0.2, 0.25) is 5.91 Å². The van der Waals surface area contributed by atoms with Gasteiger partial charge in [0, 0.05) is 31.6 Å². The Morgan fingerprint density at radius 1 is 1.27 bits per heavy atom. The Morgan fingerprint density at radius 3 is 2.59 bits per heavy atom. The molecule has 0 saturated heterocycles. The number of aliphatic hydroxyl groups is 1. The van der Waals surface area contributed by atoms with Crippen molar-refractivity contribution >= 4 is 11.7 Å². The fraction of sp³-hybridized carbons (Fsp3) is 0.500. The first kappa shape index (κ1) is 16.5. The highest BCUT2D eigenvalue weighted by Gasteiger charge is 2.31. The van der Waals surface area contributed by atoms with Gasteiger partial charge < -0.3 is 10.4 Å². The summed E-state index contributed by atoms with van der Waals surface area (Å²) in [4.78, 5) is 23.7. The molecule has 1 aliphatic rings. The van der Waals surface area contributed by atoms with Crippen molar-refractivity contribution in [1.82, 2.24) is 5.32 Å². The first-order valence-corrected chi connectivity index (χ1v) is 7.39. The monoisotopic (exact) mass is 311 g/mol. The summed E-state index contributed by atoms with van der Waals surface area (Å²) < 4.78 is 26.2. The van der Waals surface area contributed by atoms with Crippen molar-refractivity contribution < 1.29 is 23.5 Å². The molecule has 0 bridgehead atoms. The van der Waals surface area contributed by atoms with Crippen molar-refractivity contribution in [2.24, 2.45) is 5.92 Å². The van der Waals surface area contributed by atoms with Crippen molar-refractivity contribution in [1.29, 1.82) is 0 Å². The second-order valence-corrected chi connectivity index (χ2v) is 5.57. The normalized spacial score (nSPS) is 15.4. The molecule has 1 aliphatic carbocycles. The van der Waals surface area contributed by atoms with Gasteiger partial charge in [-0.15, -0.1) is 0 Å². The van der Waals surface area contributed by atoms with E-state index in [4.69, 9.17) is 5.11 Å². The average Bonchev–Trinajstić information content (AvgIpc) is 3.29. The van der Waals surface area contributed by atoms with Crippen LogP contribution in [-0.2, 0) is 4.79 Å². The highest BCUT2D eigenvalue weighted by Crippen LogP contribution is 2.33. The summed E-state index contributed by atoms with van der Waals surface area (Å²) in [6, 6.07) is 2.69. The molecule has 2 N–H and O–H groups in total. The molecule has 1 aromatic rings. The van der Waals surface area contributed by atoms with E-state index in [0.29, 0.717) is 18.4 Å². The molecular weight excluding hydrogens is 292 g/mol. The molecule has 0 aromatic heterocycles. The highest BCUT2D eigenvalue weighted by molar-refractivity contribution is 5.98. The van der Waals surface area contributed by atoms with Crippen LogP contribution in [0.4, 0.5) is 8.78 Å². The molecule has 0 heterocycles. The Labute approximate surface area is 127 Å². The smallest absolute Gasteiger partial charge is 0.220 e. The summed E-state index contributed by atoms with van der Waals surface area (Å²) in [5.74, 6) is -2.08. The van der Waals surface area contributed by atoms with E-state index in [2.05, 4.69) is 5.32 Å². The van der Waals surface area contributed by atoms with Gasteiger partial charge in [0.05, 0.1) is 5.56 Å². The van der Waals surface area contributed by atoms with Gasteiger partial charge >= 0.3 is 0 Å². The molecule has 120 valence electrons. The molecule has 4 nitrogen and oxygen atoms in total. The van der Waals surface area contributed by atoms with Gasteiger partial charge in [0.15, 0.2) is 5.78 Å². The molecule has 2 rings (SSSR count). The zero-order chi connectivity index (χ0) is 16.1. The fourth-order valence-electron chi connectivity index (χ4n) is 2.42. The molecule has 1 atom stereocenters. The van der Waals surface area contributed by atoms with E-state index in [9.17, 15) is 18.4 Å². The van der Waals surface area contributed by atoms with Crippen LogP contribution in [-0.4, -0.2) is 29.4 Å². The van der Waals surface area contributed by atoms with Crippen LogP contribution in [0.15, 0.2) is 18.2 Å². The number of rotatable bonds is 8. The van der Waals surface area contributed by atoms with Crippen molar-refractivity contribution in [2.75, 3.05) is 6.61 Å². The molecule has 1 saturated carbocycles. The fourth-order valence-corrected chi connectivity index (χ4v) is 2.42. The molecular formula is C16H19F2NO3. The third kappa shape index (κ3) is 4.59. The van der Waals surface area contributed by atoms with Crippen LogP contribution in [0.25, 0.3) is 0 Å². The second-order valence-electron chi connectivity index (χ2n) is 5.57. The van der Waals surface area contributed by atoms with Gasteiger partial charge in [-0.1, -0.05) is 0 Å². The number of ketones is 1. The SMILES string of the molecule is O=C(CCC(=O)c1ccc(F)cc1F)NC(CCO)C1CC1. The molecule has 0 spiro atoms. The molecule has 1 unspecified atom stereocenters. The lowest BCUT2D eigenvalue weighted by molar-refractivity contribution is -0.122. The number of hydrogen-bond acceptors (Lipinski definition) is 3. The quantitative estimate of drug-likeness (QED) is 0.723. The van der Waals surface area contributed by atoms with Crippen molar-refractivity contribution in [3.8, 4) is 0 Å². The Hall–Kier alpha value is -1.82. The van der Waals surface area contributed by atoms with Crippen LogP contribution < -0.4 is 5.32 Å². The topological polar surface area (TPSA) is 66.4 Å². The van der Waals surface area contributed by atoms with Gasteiger partial charge in [-0.2, -0.15) is 0 Å². The van der Waals surface area contributed by atoms with Crippen LogP contribution in [0.1, 0.15) is 42.5 Å². The number of aliphatic hydroxyl groups excluding tert-OH is 1. The van der Waals surface area contributed by atoms with Crippen LogP contribution >= 0.6 is 0 Å². The van der Waals surface area contributed by atoms with E-state index in [0.717, 1.165) is 25.0 Å². The average molecular weight is 311 g/mol. The lowest BCUT2D eigenvalue weighted by Crippen LogP contribution is -2.37. The van der Waals surface area contributed by atoms with Crippen LogP contribution in [0.2, 0.25) is 0 Å². The van der Waals surface area contributed by atoms with E-state index in [-0.39, 0.29) is 37.0 Å². The van der Waals surface area contributed by atoms with Gasteiger partial charge in [-0.05, 0) is 37.3 Å². The number of amides is 1. The van der Waals surface area contributed by atoms with Crippen molar-refractivity contribution in [2.45, 2.75) is 38.1 Å². The first-order valence-electron chi connectivity index (χ1n) is 7.39. The van der Waals surface area contributed by atoms with Crippen LogP contribution in [0.3, 0.4) is 0 Å². The third-order valence-corrected chi connectivity index (χ3v) is 3.79. The Kier molecular flexibility index (Phi) is 5.60. The highest BCUT2D eigenvalue weighted by atomic mass is 19.1. The zero-order valence-corrected chi connectivity index (χ0v) is 12.1. The van der Waals surface area contributed by atoms with E-state index in [1.807, 2.05) is 0 Å². The molecule has 6 heteroatoms. The van der Waals surface area contributed by atoms with Crippen LogP contribution in [0.5, 0.6) is 0 Å². The molecule has 1 aromatic carbocycles. The lowest BCUT2D eigenvalue weighted by Gasteiger charge is -2.16. The maximum absolute atomic E-state index is 13.5. The second kappa shape index (κ2) is 7.45. The Balaban J connectivity index is 1.83. The maximum atomic E-state index is 13.5. The summed E-state index contributed by atoms with van der Waals surface area (Å²) >= 11 is 0. The van der Waals surface area contributed by atoms with Crippen molar-refractivity contribution in [3.63, 3.8) is 0 Å². The summed E-state index contributed by atoms with van der Waals surface area (Å²) in [6.07, 6.45) is 2.38. The Bertz CT molecular complexity index is 558. The van der Waals surface area contributed by atoms with Crippen molar-refractivity contribution in [3.05, 3.63) is 35.4 Å². The van der Waals surface area contributed by atoms with Gasteiger partial charge in [-0.3, -0.25) is 9.59 Å². The number of Topliss-reactive ketones (excluding diaryl/α,β-unsaturated/α-hetero) is 1. The van der Waals surface area contributed by atoms with E-state index in [1.165, 1.54) is 0 Å². The summed E-state index contributed by atoms with van der Waals surface area (Å²) in [6.45, 7) is 0.00116. The standard InChI is InChI=1S/C16H19F2NO3/c17-11-3-4-12(13(18)9-11)15(21)5-6-16(22)19-14(7-8-20)10-1-2-10/h3-4,9-10,14,20H,1-2,5-8H2,(H,19,22). The molecule has 0 radical (unpaired) electrons. The minimum Gasteiger partial charge on any atom is -0.396 e. The Morgan fingerprint density at radius 2 is 2.00 bits per heavy atom. The number of benzene rings is 1. The van der Waals surface area contributed by atoms with E-state index in [1.54, 1.807) is 0 Å². The minimum atomic E-state index is -0.915. The predicted octanol–water partition coefficient (Wildman–Crippen LogP) is 2.20. The summed E-state index contributed by atoms with van der Waals surface area (Å²) in [5.41, 5.74) is -0.205. The summed E-state index contributed by atoms with van der Waals surface area (Å²) in [7, 11) is 0. The van der Waals surface area contributed by atoms with E-state index < -0.39 is 17.4 Å². The first-order chi connectivity index (χ1) is 10.5. The lowest BCUT2D eigenvalue weighted by atomic mass is 10.0. The zero-order valence-electron chi connectivity index (χ0n) is 12.1. The number of carbonyl (C=O) groups is 2. The van der Waals surface area contributed by atoms with Crippen LogP contribution in [0, 0.1) is 17.6 Å².